The van der Waals surface area contributed by atoms with Crippen molar-refractivity contribution >= 4 is 5.78 Å². The van der Waals surface area contributed by atoms with Gasteiger partial charge in [0.2, 0.25) is 0 Å². The number of Topliss-reactive ketones (excluding diaryl/α,β-unsaturated/α-hetero) is 1. The molecule has 3 saturated carbocycles. The molecule has 3 nitrogen and oxygen atoms in total. The summed E-state index contributed by atoms with van der Waals surface area (Å²) >= 11 is 0. The van der Waals surface area contributed by atoms with Gasteiger partial charge in [-0.1, -0.05) is 20.8 Å². The van der Waals surface area contributed by atoms with Crippen LogP contribution in [-0.4, -0.2) is 24.8 Å². The molecule has 3 heteroatoms. The largest absolute Gasteiger partial charge is 0.347 e. The molecule has 0 amide bonds. The average molecular weight is 264 g/mol. The van der Waals surface area contributed by atoms with E-state index in [1.165, 1.54) is 6.42 Å². The fourth-order valence-electron chi connectivity index (χ4n) is 5.86. The minimum absolute atomic E-state index is 0.0843. The van der Waals surface area contributed by atoms with Gasteiger partial charge in [0.05, 0.1) is 13.2 Å². The Labute approximate surface area is 115 Å². The van der Waals surface area contributed by atoms with Crippen LogP contribution in [0.3, 0.4) is 0 Å². The first-order chi connectivity index (χ1) is 8.91. The van der Waals surface area contributed by atoms with Crippen molar-refractivity contribution in [2.45, 2.75) is 52.2 Å². The SMILES string of the molecule is CC1(C)C[C@H]2C[C@@H]3CCC4(OCCO4)[C@]3(C)[C@H]2C1=O. The molecule has 106 valence electrons. The second-order valence-corrected chi connectivity index (χ2v) is 7.89. The minimum Gasteiger partial charge on any atom is -0.347 e. The highest BCUT2D eigenvalue weighted by Gasteiger charge is 2.73. The maximum atomic E-state index is 12.9. The van der Waals surface area contributed by atoms with Gasteiger partial charge in [-0.2, -0.15) is 0 Å². The number of carbonyl (C=O) groups excluding carboxylic acids is 1. The summed E-state index contributed by atoms with van der Waals surface area (Å²) in [5.41, 5.74) is -0.231. The van der Waals surface area contributed by atoms with Gasteiger partial charge in [-0.15, -0.1) is 0 Å². The maximum absolute atomic E-state index is 12.9. The topological polar surface area (TPSA) is 35.5 Å². The Balaban J connectivity index is 1.79. The van der Waals surface area contributed by atoms with Gasteiger partial charge in [0.15, 0.2) is 5.79 Å². The van der Waals surface area contributed by atoms with E-state index >= 15 is 0 Å². The standard InChI is InChI=1S/C16H24O3/c1-14(2)9-10-8-11-4-5-16(18-6-7-19-16)15(11,3)12(10)13(14)17/h10-12H,4-9H2,1-3H3/t10-,11+,12-,15+/m1/s1. The molecule has 4 aliphatic rings. The Kier molecular flexibility index (Phi) is 2.23. The van der Waals surface area contributed by atoms with Crippen LogP contribution in [-0.2, 0) is 14.3 Å². The van der Waals surface area contributed by atoms with E-state index in [1.54, 1.807) is 0 Å². The van der Waals surface area contributed by atoms with Gasteiger partial charge in [-0.25, -0.2) is 0 Å². The van der Waals surface area contributed by atoms with Gasteiger partial charge in [-0.3, -0.25) is 4.79 Å². The van der Waals surface area contributed by atoms with Crippen LogP contribution in [0.5, 0.6) is 0 Å². The Bertz CT molecular complexity index is 435. The first-order valence-corrected chi connectivity index (χ1v) is 7.73. The normalized spacial score (nSPS) is 49.8. The molecule has 0 unspecified atom stereocenters. The molecule has 1 spiro atoms. The monoisotopic (exact) mass is 264 g/mol. The van der Waals surface area contributed by atoms with Gasteiger partial charge < -0.3 is 9.47 Å². The molecule has 0 aromatic heterocycles. The maximum Gasteiger partial charge on any atom is 0.174 e. The van der Waals surface area contributed by atoms with E-state index in [0.29, 0.717) is 30.8 Å². The molecule has 19 heavy (non-hydrogen) atoms. The summed E-state index contributed by atoms with van der Waals surface area (Å²) < 4.78 is 12.1. The number of carbonyl (C=O) groups is 1. The third kappa shape index (κ3) is 1.25. The summed E-state index contributed by atoms with van der Waals surface area (Å²) in [6.45, 7) is 7.89. The summed E-state index contributed by atoms with van der Waals surface area (Å²) in [6.07, 6.45) is 4.39. The minimum atomic E-state index is -0.451. The van der Waals surface area contributed by atoms with Crippen molar-refractivity contribution < 1.29 is 14.3 Å². The molecular weight excluding hydrogens is 240 g/mol. The van der Waals surface area contributed by atoms with Gasteiger partial charge in [0, 0.05) is 23.2 Å². The molecule has 4 rings (SSSR count). The van der Waals surface area contributed by atoms with E-state index in [-0.39, 0.29) is 16.7 Å². The first-order valence-electron chi connectivity index (χ1n) is 7.73. The highest BCUT2D eigenvalue weighted by molar-refractivity contribution is 5.90. The number of hydrogen-bond acceptors (Lipinski definition) is 3. The van der Waals surface area contributed by atoms with Gasteiger partial charge >= 0.3 is 0 Å². The lowest BCUT2D eigenvalue weighted by atomic mass is 9.68. The molecule has 0 N–H and O–H groups in total. The smallest absolute Gasteiger partial charge is 0.174 e. The van der Waals surface area contributed by atoms with Crippen molar-refractivity contribution in [3.05, 3.63) is 0 Å². The van der Waals surface area contributed by atoms with Crippen LogP contribution in [0, 0.1) is 28.6 Å². The molecule has 0 aromatic carbocycles. The average Bonchev–Trinajstić information content (AvgIpc) is 3.01. The molecule has 3 aliphatic carbocycles. The number of ketones is 1. The Morgan fingerprint density at radius 1 is 1.16 bits per heavy atom. The molecule has 4 atom stereocenters. The molecule has 0 aromatic rings. The van der Waals surface area contributed by atoms with Crippen LogP contribution < -0.4 is 0 Å². The van der Waals surface area contributed by atoms with Crippen LogP contribution in [0.15, 0.2) is 0 Å². The summed E-state index contributed by atoms with van der Waals surface area (Å²) in [4.78, 5) is 12.9. The molecule has 1 aliphatic heterocycles. The van der Waals surface area contributed by atoms with E-state index in [9.17, 15) is 4.79 Å². The zero-order valence-corrected chi connectivity index (χ0v) is 12.2. The second-order valence-electron chi connectivity index (χ2n) is 7.89. The summed E-state index contributed by atoms with van der Waals surface area (Å²) in [5.74, 6) is 1.34. The zero-order chi connectivity index (χ0) is 13.5. The third-order valence-corrected chi connectivity index (χ3v) is 6.67. The Hall–Kier alpha value is -0.410. The molecule has 1 heterocycles. The number of fused-ring (bicyclic) bond motifs is 4. The summed E-state index contributed by atoms with van der Waals surface area (Å²) in [6, 6.07) is 0. The van der Waals surface area contributed by atoms with E-state index in [1.807, 2.05) is 0 Å². The molecule has 1 saturated heterocycles. The summed E-state index contributed by atoms with van der Waals surface area (Å²) in [7, 11) is 0. The third-order valence-electron chi connectivity index (χ3n) is 6.67. The van der Waals surface area contributed by atoms with Crippen molar-refractivity contribution in [3.63, 3.8) is 0 Å². The van der Waals surface area contributed by atoms with E-state index in [2.05, 4.69) is 20.8 Å². The van der Waals surface area contributed by atoms with Crippen LogP contribution in [0.4, 0.5) is 0 Å². The molecular formula is C16H24O3. The lowest BCUT2D eigenvalue weighted by molar-refractivity contribution is -0.232. The van der Waals surface area contributed by atoms with Gasteiger partial charge in [-0.05, 0) is 31.1 Å². The van der Waals surface area contributed by atoms with Crippen molar-refractivity contribution in [2.24, 2.45) is 28.6 Å². The van der Waals surface area contributed by atoms with Crippen molar-refractivity contribution in [1.82, 2.24) is 0 Å². The molecule has 4 fully saturated rings. The van der Waals surface area contributed by atoms with Gasteiger partial charge in [0.1, 0.15) is 5.78 Å². The van der Waals surface area contributed by atoms with Gasteiger partial charge in [0.25, 0.3) is 0 Å². The predicted molar refractivity (Wildman–Crippen MR) is 70.5 cm³/mol. The fourth-order valence-corrected chi connectivity index (χ4v) is 5.86. The van der Waals surface area contributed by atoms with E-state index in [0.717, 1.165) is 19.3 Å². The van der Waals surface area contributed by atoms with E-state index < -0.39 is 5.79 Å². The number of hydrogen-bond donors (Lipinski definition) is 0. The van der Waals surface area contributed by atoms with E-state index in [4.69, 9.17) is 9.47 Å². The van der Waals surface area contributed by atoms with Crippen molar-refractivity contribution in [3.8, 4) is 0 Å². The lowest BCUT2D eigenvalue weighted by Gasteiger charge is -2.43. The highest BCUT2D eigenvalue weighted by Crippen LogP contribution is 2.70. The predicted octanol–water partition coefficient (Wildman–Crippen LogP) is 2.78. The van der Waals surface area contributed by atoms with Crippen LogP contribution in [0.1, 0.15) is 46.5 Å². The Morgan fingerprint density at radius 2 is 1.84 bits per heavy atom. The zero-order valence-electron chi connectivity index (χ0n) is 12.2. The highest BCUT2D eigenvalue weighted by atomic mass is 16.7. The Morgan fingerprint density at radius 3 is 2.53 bits per heavy atom. The van der Waals surface area contributed by atoms with Crippen molar-refractivity contribution in [2.75, 3.05) is 13.2 Å². The second kappa shape index (κ2) is 3.43. The quantitative estimate of drug-likeness (QED) is 0.675. The number of ether oxygens (including phenoxy) is 2. The lowest BCUT2D eigenvalue weighted by Crippen LogP contribution is -2.50. The molecule has 0 bridgehead atoms. The fraction of sp³-hybridized carbons (Fsp3) is 0.938. The van der Waals surface area contributed by atoms with Crippen LogP contribution in [0.25, 0.3) is 0 Å². The number of rotatable bonds is 0. The van der Waals surface area contributed by atoms with Crippen LogP contribution in [0.2, 0.25) is 0 Å². The summed E-state index contributed by atoms with van der Waals surface area (Å²) in [5, 5.41) is 0. The van der Waals surface area contributed by atoms with Crippen LogP contribution >= 0.6 is 0 Å². The van der Waals surface area contributed by atoms with Crippen molar-refractivity contribution in [1.29, 1.82) is 0 Å². The first kappa shape index (κ1) is 12.3. The molecule has 0 radical (unpaired) electrons.